The van der Waals surface area contributed by atoms with Crippen molar-refractivity contribution in [2.45, 2.75) is 115 Å². The topological polar surface area (TPSA) is 0 Å². The zero-order chi connectivity index (χ0) is 18.8. The predicted octanol–water partition coefficient (Wildman–Crippen LogP) is 8.15. The first-order valence-electron chi connectivity index (χ1n) is 13.0. The van der Waals surface area contributed by atoms with Crippen molar-refractivity contribution in [2.24, 2.45) is 47.3 Å². The summed E-state index contributed by atoms with van der Waals surface area (Å²) in [6, 6.07) is 0. The van der Waals surface area contributed by atoms with Crippen LogP contribution in [-0.4, -0.2) is 8.07 Å². The lowest BCUT2D eigenvalue weighted by Crippen LogP contribution is -2.44. The van der Waals surface area contributed by atoms with Crippen molar-refractivity contribution in [3.8, 4) is 0 Å². The van der Waals surface area contributed by atoms with Gasteiger partial charge in [0.2, 0.25) is 0 Å². The molecular formula is C26H46Si. The van der Waals surface area contributed by atoms with Gasteiger partial charge in [-0.25, -0.2) is 0 Å². The van der Waals surface area contributed by atoms with Crippen molar-refractivity contribution in [1.82, 2.24) is 0 Å². The van der Waals surface area contributed by atoms with Gasteiger partial charge in [-0.3, -0.25) is 0 Å². The van der Waals surface area contributed by atoms with Crippen LogP contribution in [0, 0.1) is 47.3 Å². The smallest absolute Gasteiger partial charge is 0.0541 e. The van der Waals surface area contributed by atoms with E-state index in [1.165, 1.54) is 17.5 Å². The largest absolute Gasteiger partial charge is 0.0689 e. The third kappa shape index (κ3) is 3.12. The zero-order valence-electron chi connectivity index (χ0n) is 18.8. The summed E-state index contributed by atoms with van der Waals surface area (Å²) in [7, 11) is -1.19. The van der Waals surface area contributed by atoms with Crippen LogP contribution >= 0.6 is 0 Å². The molecule has 0 spiro atoms. The van der Waals surface area contributed by atoms with E-state index in [0.29, 0.717) is 0 Å². The lowest BCUT2D eigenvalue weighted by Gasteiger charge is -2.46. The Morgan fingerprint density at radius 3 is 2.04 bits per heavy atom. The first-order valence-corrected chi connectivity index (χ1v) is 16.1. The van der Waals surface area contributed by atoms with Crippen LogP contribution in [0.4, 0.5) is 0 Å². The van der Waals surface area contributed by atoms with E-state index in [0.717, 1.165) is 47.3 Å². The van der Waals surface area contributed by atoms with Crippen LogP contribution in [0.2, 0.25) is 24.2 Å². The monoisotopic (exact) mass is 386 g/mol. The standard InChI is InChI=1S/C26H46Si/c1-17(2)23-16-26(22-11-6-5-10-21(22)23)27(3,4)25-13-12-20-14-18-8-7-9-19(18)15-24(20)25/h17-26H,5-16H2,1-4H3. The van der Waals surface area contributed by atoms with Crippen molar-refractivity contribution >= 4 is 8.07 Å². The van der Waals surface area contributed by atoms with E-state index in [1.54, 1.807) is 70.6 Å². The van der Waals surface area contributed by atoms with Crippen LogP contribution in [0.1, 0.15) is 90.9 Å². The molecule has 0 aromatic rings. The van der Waals surface area contributed by atoms with Crippen LogP contribution in [0.3, 0.4) is 0 Å². The minimum absolute atomic E-state index is 0.927. The maximum atomic E-state index is 2.89. The summed E-state index contributed by atoms with van der Waals surface area (Å²) in [6.07, 6.45) is 19.2. The van der Waals surface area contributed by atoms with Gasteiger partial charge in [0.05, 0.1) is 8.07 Å². The summed E-state index contributed by atoms with van der Waals surface area (Å²) < 4.78 is 0. The minimum Gasteiger partial charge on any atom is -0.0689 e. The predicted molar refractivity (Wildman–Crippen MR) is 120 cm³/mol. The number of rotatable bonds is 3. The molecule has 0 N–H and O–H groups in total. The Bertz CT molecular complexity index is 536. The zero-order valence-corrected chi connectivity index (χ0v) is 19.8. The van der Waals surface area contributed by atoms with Crippen LogP contribution in [0.25, 0.3) is 0 Å². The molecule has 0 radical (unpaired) electrons. The average Bonchev–Trinajstić information content (AvgIpc) is 3.35. The third-order valence-electron chi connectivity index (χ3n) is 11.2. The molecule has 0 saturated heterocycles. The molecule has 0 heterocycles. The van der Waals surface area contributed by atoms with Gasteiger partial charge in [0.15, 0.2) is 0 Å². The summed E-state index contributed by atoms with van der Waals surface area (Å²) in [6.45, 7) is 10.9. The van der Waals surface area contributed by atoms with E-state index in [9.17, 15) is 0 Å². The molecule has 0 aromatic carbocycles. The second-order valence-electron chi connectivity index (χ2n) is 12.7. The van der Waals surface area contributed by atoms with Gasteiger partial charge < -0.3 is 0 Å². The van der Waals surface area contributed by atoms with Crippen molar-refractivity contribution in [3.05, 3.63) is 0 Å². The SMILES string of the molecule is CC(C)C1CC([Si](C)(C)C2CCC3CC4CCCC4CC32)C2CCCCC12. The Balaban J connectivity index is 1.37. The lowest BCUT2D eigenvalue weighted by atomic mass is 9.71. The van der Waals surface area contributed by atoms with Gasteiger partial charge >= 0.3 is 0 Å². The van der Waals surface area contributed by atoms with Gasteiger partial charge in [0, 0.05) is 0 Å². The second kappa shape index (κ2) is 7.17. The molecule has 9 atom stereocenters. The molecule has 0 amide bonds. The molecule has 0 nitrogen and oxygen atoms in total. The first-order chi connectivity index (χ1) is 13.0. The highest BCUT2D eigenvalue weighted by atomic mass is 28.3. The van der Waals surface area contributed by atoms with Gasteiger partial charge in [0.1, 0.15) is 0 Å². The highest BCUT2D eigenvalue weighted by Gasteiger charge is 2.57. The third-order valence-corrected chi connectivity index (χ3v) is 16.4. The number of fused-ring (bicyclic) bond motifs is 3. The quantitative estimate of drug-likeness (QED) is 0.429. The number of hydrogen-bond donors (Lipinski definition) is 0. The molecule has 5 aliphatic carbocycles. The molecule has 5 saturated carbocycles. The van der Waals surface area contributed by atoms with E-state index in [1.807, 2.05) is 0 Å². The fraction of sp³-hybridized carbons (Fsp3) is 1.00. The Labute approximate surface area is 170 Å². The minimum atomic E-state index is -1.19. The normalized spacial score (nSPS) is 49.9. The molecule has 1 heteroatoms. The number of hydrogen-bond acceptors (Lipinski definition) is 0. The Morgan fingerprint density at radius 1 is 0.593 bits per heavy atom. The van der Waals surface area contributed by atoms with E-state index < -0.39 is 8.07 Å². The van der Waals surface area contributed by atoms with Gasteiger partial charge in [0.25, 0.3) is 0 Å². The van der Waals surface area contributed by atoms with E-state index in [4.69, 9.17) is 0 Å². The van der Waals surface area contributed by atoms with E-state index >= 15 is 0 Å². The second-order valence-corrected chi connectivity index (χ2v) is 17.8. The van der Waals surface area contributed by atoms with Gasteiger partial charge in [-0.1, -0.05) is 78.3 Å². The molecule has 0 aromatic heterocycles. The molecule has 9 unspecified atom stereocenters. The Hall–Kier alpha value is 0.217. The highest BCUT2D eigenvalue weighted by molar-refractivity contribution is 6.80. The Morgan fingerprint density at radius 2 is 1.30 bits per heavy atom. The van der Waals surface area contributed by atoms with Crippen LogP contribution in [-0.2, 0) is 0 Å². The van der Waals surface area contributed by atoms with E-state index in [-0.39, 0.29) is 0 Å². The molecule has 27 heavy (non-hydrogen) atoms. The molecule has 5 rings (SSSR count). The average molecular weight is 387 g/mol. The molecule has 5 fully saturated rings. The van der Waals surface area contributed by atoms with Crippen molar-refractivity contribution in [2.75, 3.05) is 0 Å². The Kier molecular flexibility index (Phi) is 5.10. The molecule has 154 valence electrons. The summed E-state index contributed by atoms with van der Waals surface area (Å²) in [5.41, 5.74) is 2.35. The van der Waals surface area contributed by atoms with Gasteiger partial charge in [-0.05, 0) is 84.1 Å². The van der Waals surface area contributed by atoms with E-state index in [2.05, 4.69) is 26.9 Å². The molecule has 0 bridgehead atoms. The van der Waals surface area contributed by atoms with Crippen molar-refractivity contribution in [1.29, 1.82) is 0 Å². The maximum absolute atomic E-state index is 2.89. The van der Waals surface area contributed by atoms with Gasteiger partial charge in [-0.2, -0.15) is 0 Å². The van der Waals surface area contributed by atoms with Crippen molar-refractivity contribution in [3.63, 3.8) is 0 Å². The summed E-state index contributed by atoms with van der Waals surface area (Å²) >= 11 is 0. The lowest BCUT2D eigenvalue weighted by molar-refractivity contribution is 0.154. The van der Waals surface area contributed by atoms with Crippen LogP contribution in [0.5, 0.6) is 0 Å². The molecule has 5 aliphatic rings. The molecular weight excluding hydrogens is 340 g/mol. The highest BCUT2D eigenvalue weighted by Crippen LogP contribution is 2.65. The summed E-state index contributed by atoms with van der Waals surface area (Å²) in [5.74, 6) is 8.83. The summed E-state index contributed by atoms with van der Waals surface area (Å²) in [5, 5.41) is 0. The first kappa shape index (κ1) is 19.2. The fourth-order valence-corrected chi connectivity index (χ4v) is 15.3. The van der Waals surface area contributed by atoms with Gasteiger partial charge in [-0.15, -0.1) is 0 Å². The van der Waals surface area contributed by atoms with Crippen LogP contribution in [0.15, 0.2) is 0 Å². The maximum Gasteiger partial charge on any atom is 0.0541 e. The summed E-state index contributed by atoms with van der Waals surface area (Å²) in [4.78, 5) is 0. The van der Waals surface area contributed by atoms with Crippen molar-refractivity contribution < 1.29 is 0 Å². The molecule has 0 aliphatic heterocycles. The fourth-order valence-electron chi connectivity index (χ4n) is 9.96. The van der Waals surface area contributed by atoms with Crippen LogP contribution < -0.4 is 0 Å².